The number of carbonyl (C=O) groups excluding carboxylic acids is 1. The third-order valence-electron chi connectivity index (χ3n) is 4.57. The van der Waals surface area contributed by atoms with E-state index in [1.54, 1.807) is 0 Å². The summed E-state index contributed by atoms with van der Waals surface area (Å²) in [5.74, 6) is 0.567. The van der Waals surface area contributed by atoms with Gasteiger partial charge in [0.2, 0.25) is 0 Å². The number of urea groups is 1. The fourth-order valence-electron chi connectivity index (χ4n) is 3.30. The maximum Gasteiger partial charge on any atom is 0.319 e. The van der Waals surface area contributed by atoms with Gasteiger partial charge in [-0.1, -0.05) is 38.0 Å². The molecule has 0 spiro atoms. The van der Waals surface area contributed by atoms with Crippen LogP contribution < -0.4 is 10.6 Å². The minimum absolute atomic E-state index is 0.0925. The number of hydrogen-bond donors (Lipinski definition) is 2. The maximum absolute atomic E-state index is 12.2. The summed E-state index contributed by atoms with van der Waals surface area (Å²) in [4.78, 5) is 12.2. The number of hydrogen-bond acceptors (Lipinski definition) is 1. The highest BCUT2D eigenvalue weighted by molar-refractivity contribution is 6.01. The Morgan fingerprint density at radius 1 is 1.24 bits per heavy atom. The van der Waals surface area contributed by atoms with Crippen LogP contribution in [0.5, 0.6) is 0 Å². The fourth-order valence-corrected chi connectivity index (χ4v) is 3.30. The first-order valence-corrected chi connectivity index (χ1v) is 7.77. The Hall–Kier alpha value is -1.97. The summed E-state index contributed by atoms with van der Waals surface area (Å²) in [6.07, 6.45) is 6.76. The lowest BCUT2D eigenvalue weighted by Gasteiger charge is -2.29. The molecular weight excluding hydrogens is 262 g/mol. The molecule has 1 fully saturated rings. The second-order valence-electron chi connectivity index (χ2n) is 6.14. The first-order valence-electron chi connectivity index (χ1n) is 7.77. The van der Waals surface area contributed by atoms with E-state index in [1.807, 2.05) is 36.0 Å². The predicted molar refractivity (Wildman–Crippen MR) is 86.5 cm³/mol. The van der Waals surface area contributed by atoms with E-state index in [9.17, 15) is 4.79 Å². The van der Waals surface area contributed by atoms with Crippen molar-refractivity contribution in [3.63, 3.8) is 0 Å². The Morgan fingerprint density at radius 3 is 2.81 bits per heavy atom. The number of nitrogens with one attached hydrogen (secondary N) is 2. The molecular formula is C17H23N3O. The van der Waals surface area contributed by atoms with Crippen molar-refractivity contribution in [2.24, 2.45) is 13.0 Å². The van der Waals surface area contributed by atoms with E-state index in [0.29, 0.717) is 12.0 Å². The number of aryl methyl sites for hydroxylation is 1. The molecule has 0 aliphatic heterocycles. The van der Waals surface area contributed by atoms with E-state index in [1.165, 1.54) is 19.3 Å². The van der Waals surface area contributed by atoms with E-state index in [-0.39, 0.29) is 6.03 Å². The van der Waals surface area contributed by atoms with Crippen LogP contribution >= 0.6 is 0 Å². The summed E-state index contributed by atoms with van der Waals surface area (Å²) in [7, 11) is 1.99. The van der Waals surface area contributed by atoms with Crippen molar-refractivity contribution in [1.82, 2.24) is 9.88 Å². The van der Waals surface area contributed by atoms with Gasteiger partial charge in [-0.3, -0.25) is 0 Å². The summed E-state index contributed by atoms with van der Waals surface area (Å²) in [5, 5.41) is 7.21. The van der Waals surface area contributed by atoms with Crippen molar-refractivity contribution in [2.75, 3.05) is 5.32 Å². The molecule has 4 heteroatoms. The highest BCUT2D eigenvalue weighted by Gasteiger charge is 2.23. The molecule has 112 valence electrons. The van der Waals surface area contributed by atoms with Crippen LogP contribution in [0.4, 0.5) is 10.5 Å². The van der Waals surface area contributed by atoms with Crippen LogP contribution in [0.1, 0.15) is 32.6 Å². The number of anilines is 1. The van der Waals surface area contributed by atoms with E-state index >= 15 is 0 Å². The van der Waals surface area contributed by atoms with E-state index < -0.39 is 0 Å². The standard InChI is InChI=1S/C17H23N3O/c1-12-7-3-5-9-14(12)18-17(21)19-15-11-20(2)16-10-6-4-8-13(15)16/h4,6,8,10-12,14H,3,5,7,9H2,1-2H3,(H2,18,19,21)/t12-,14+/m1/s1. The van der Waals surface area contributed by atoms with Gasteiger partial charge in [0.05, 0.1) is 5.69 Å². The van der Waals surface area contributed by atoms with Gasteiger partial charge in [-0.15, -0.1) is 0 Å². The first kappa shape index (κ1) is 14.0. The van der Waals surface area contributed by atoms with Crippen LogP contribution in [-0.4, -0.2) is 16.6 Å². The zero-order chi connectivity index (χ0) is 14.8. The van der Waals surface area contributed by atoms with Gasteiger partial charge in [-0.05, 0) is 24.8 Å². The smallest absolute Gasteiger partial charge is 0.319 e. The summed E-state index contributed by atoms with van der Waals surface area (Å²) in [6.45, 7) is 2.22. The Balaban J connectivity index is 1.71. The van der Waals surface area contributed by atoms with Gasteiger partial charge in [0.15, 0.2) is 0 Å². The lowest BCUT2D eigenvalue weighted by atomic mass is 9.86. The van der Waals surface area contributed by atoms with Crippen molar-refractivity contribution in [3.8, 4) is 0 Å². The van der Waals surface area contributed by atoms with Crippen LogP contribution in [0, 0.1) is 5.92 Å². The molecule has 1 aliphatic rings. The molecule has 1 heterocycles. The molecule has 4 nitrogen and oxygen atoms in total. The number of benzene rings is 1. The quantitative estimate of drug-likeness (QED) is 0.864. The first-order chi connectivity index (χ1) is 10.1. The number of aromatic nitrogens is 1. The molecule has 1 aromatic carbocycles. The van der Waals surface area contributed by atoms with Crippen molar-refractivity contribution < 1.29 is 4.79 Å². The molecule has 0 bridgehead atoms. The fraction of sp³-hybridized carbons (Fsp3) is 0.471. The summed E-state index contributed by atoms with van der Waals surface area (Å²) in [6, 6.07) is 8.30. The Kier molecular flexibility index (Phi) is 3.86. The molecule has 1 saturated carbocycles. The molecule has 21 heavy (non-hydrogen) atoms. The average molecular weight is 285 g/mol. The van der Waals surface area contributed by atoms with E-state index in [4.69, 9.17) is 0 Å². The monoisotopic (exact) mass is 285 g/mol. The molecule has 1 aliphatic carbocycles. The van der Waals surface area contributed by atoms with Gasteiger partial charge in [-0.25, -0.2) is 4.79 Å². The number of amides is 2. The van der Waals surface area contributed by atoms with E-state index in [0.717, 1.165) is 23.0 Å². The van der Waals surface area contributed by atoms with Crippen LogP contribution in [0.3, 0.4) is 0 Å². The molecule has 2 atom stereocenters. The Morgan fingerprint density at radius 2 is 2.00 bits per heavy atom. The second-order valence-corrected chi connectivity index (χ2v) is 6.14. The zero-order valence-electron chi connectivity index (χ0n) is 12.7. The third kappa shape index (κ3) is 2.89. The Labute approximate surface area is 125 Å². The highest BCUT2D eigenvalue weighted by Crippen LogP contribution is 2.26. The van der Waals surface area contributed by atoms with Crippen molar-refractivity contribution in [3.05, 3.63) is 30.5 Å². The number of fused-ring (bicyclic) bond motifs is 1. The lowest BCUT2D eigenvalue weighted by Crippen LogP contribution is -2.43. The van der Waals surface area contributed by atoms with Crippen molar-refractivity contribution >= 4 is 22.6 Å². The van der Waals surface area contributed by atoms with Gasteiger partial charge in [0.25, 0.3) is 0 Å². The summed E-state index contributed by atoms with van der Waals surface area (Å²) in [5.41, 5.74) is 1.99. The minimum Gasteiger partial charge on any atom is -0.348 e. The van der Waals surface area contributed by atoms with Crippen LogP contribution in [0.2, 0.25) is 0 Å². The summed E-state index contributed by atoms with van der Waals surface area (Å²) >= 11 is 0. The lowest BCUT2D eigenvalue weighted by molar-refractivity contribution is 0.232. The molecule has 2 amide bonds. The average Bonchev–Trinajstić information content (AvgIpc) is 2.79. The van der Waals surface area contributed by atoms with Crippen LogP contribution in [-0.2, 0) is 7.05 Å². The number of carbonyl (C=O) groups is 1. The minimum atomic E-state index is -0.0925. The molecule has 0 radical (unpaired) electrons. The zero-order valence-corrected chi connectivity index (χ0v) is 12.7. The normalized spacial score (nSPS) is 22.2. The largest absolute Gasteiger partial charge is 0.348 e. The van der Waals surface area contributed by atoms with Crippen LogP contribution in [0.25, 0.3) is 10.9 Å². The molecule has 3 rings (SSSR count). The van der Waals surface area contributed by atoms with Gasteiger partial charge in [-0.2, -0.15) is 0 Å². The molecule has 2 aromatic rings. The van der Waals surface area contributed by atoms with Gasteiger partial charge in [0, 0.05) is 30.2 Å². The van der Waals surface area contributed by atoms with Crippen LogP contribution in [0.15, 0.2) is 30.5 Å². The number of para-hydroxylation sites is 1. The second kappa shape index (κ2) is 5.80. The van der Waals surface area contributed by atoms with Gasteiger partial charge in [0.1, 0.15) is 0 Å². The molecule has 0 unspecified atom stereocenters. The van der Waals surface area contributed by atoms with E-state index in [2.05, 4.69) is 23.6 Å². The highest BCUT2D eigenvalue weighted by atomic mass is 16.2. The maximum atomic E-state index is 12.2. The number of nitrogens with zero attached hydrogens (tertiary/aromatic N) is 1. The molecule has 1 aromatic heterocycles. The topological polar surface area (TPSA) is 46.1 Å². The Bertz CT molecular complexity index is 647. The SMILES string of the molecule is C[C@@H]1CCCC[C@@H]1NC(=O)Nc1cn(C)c2ccccc12. The summed E-state index contributed by atoms with van der Waals surface area (Å²) < 4.78 is 2.04. The third-order valence-corrected chi connectivity index (χ3v) is 4.57. The van der Waals surface area contributed by atoms with Crippen molar-refractivity contribution in [2.45, 2.75) is 38.6 Å². The number of rotatable bonds is 2. The van der Waals surface area contributed by atoms with Gasteiger partial charge < -0.3 is 15.2 Å². The predicted octanol–water partition coefficient (Wildman–Crippen LogP) is 3.88. The molecule has 2 N–H and O–H groups in total. The molecule has 0 saturated heterocycles. The van der Waals surface area contributed by atoms with Crippen molar-refractivity contribution in [1.29, 1.82) is 0 Å². The van der Waals surface area contributed by atoms with Gasteiger partial charge >= 0.3 is 6.03 Å².